The number of amides is 2. The minimum absolute atomic E-state index is 0.0692. The maximum absolute atomic E-state index is 14.8. The van der Waals surface area contributed by atoms with Crippen molar-refractivity contribution in [3.05, 3.63) is 53.1 Å². The van der Waals surface area contributed by atoms with Crippen molar-refractivity contribution in [2.75, 3.05) is 23.8 Å². The minimum atomic E-state index is -3.92. The van der Waals surface area contributed by atoms with Crippen molar-refractivity contribution in [1.82, 2.24) is 9.55 Å². The number of hydrogen-bond donors (Lipinski definition) is 3. The number of aromatic nitrogens is 2. The molecule has 0 saturated carbocycles. The molecule has 1 saturated heterocycles. The number of anilines is 2. The number of unbranched alkanes of at least 4 members (excludes halogenated alkanes) is 4. The monoisotopic (exact) mass is 594 g/mol. The first-order valence-electron chi connectivity index (χ1n) is 13.9. The van der Waals surface area contributed by atoms with Gasteiger partial charge in [-0.25, -0.2) is 9.59 Å². The number of benzene rings is 1. The number of nitrogens with one attached hydrogen (secondary N) is 2. The molecule has 2 aromatic rings. The molecule has 1 aliphatic rings. The average Bonchev–Trinajstić information content (AvgIpc) is 3.18. The lowest BCUT2D eigenvalue weighted by atomic mass is 10.1. The molecule has 14 heteroatoms. The van der Waals surface area contributed by atoms with Gasteiger partial charge in [-0.05, 0) is 37.5 Å². The Hall–Kier alpha value is -3.91. The predicted octanol–water partition coefficient (Wildman–Crippen LogP) is 4.01. The van der Waals surface area contributed by atoms with Crippen molar-refractivity contribution in [3.8, 4) is 0 Å². The van der Waals surface area contributed by atoms with Crippen LogP contribution in [0.4, 0.5) is 25.1 Å². The Bertz CT molecular complexity index is 1240. The van der Waals surface area contributed by atoms with Gasteiger partial charge in [0.25, 0.3) is 0 Å². The van der Waals surface area contributed by atoms with Crippen LogP contribution in [0.5, 0.6) is 0 Å². The minimum Gasteiger partial charge on any atom is -0.463 e. The zero-order valence-corrected chi connectivity index (χ0v) is 23.3. The number of halogens is 2. The Morgan fingerprint density at radius 3 is 2.48 bits per heavy atom. The Morgan fingerprint density at radius 1 is 1.02 bits per heavy atom. The third-order valence-electron chi connectivity index (χ3n) is 6.42. The molecule has 0 spiro atoms. The van der Waals surface area contributed by atoms with E-state index in [1.165, 1.54) is 0 Å². The predicted molar refractivity (Wildman–Crippen MR) is 147 cm³/mol. The number of rotatable bonds is 15. The first kappa shape index (κ1) is 32.6. The lowest BCUT2D eigenvalue weighted by molar-refractivity contribution is -0.150. The highest BCUT2D eigenvalue weighted by atomic mass is 19.3. The van der Waals surface area contributed by atoms with Gasteiger partial charge < -0.3 is 24.6 Å². The summed E-state index contributed by atoms with van der Waals surface area (Å²) in [7, 11) is 0. The van der Waals surface area contributed by atoms with Crippen molar-refractivity contribution in [1.29, 1.82) is 0 Å². The topological polar surface area (TPSA) is 158 Å². The summed E-state index contributed by atoms with van der Waals surface area (Å²) in [4.78, 5) is 52.0. The zero-order valence-electron chi connectivity index (χ0n) is 23.3. The summed E-state index contributed by atoms with van der Waals surface area (Å²) < 4.78 is 45.3. The third kappa shape index (κ3) is 9.58. The molecule has 2 heterocycles. The second kappa shape index (κ2) is 15.9. The molecule has 1 aromatic carbocycles. The molecular weight excluding hydrogens is 558 g/mol. The van der Waals surface area contributed by atoms with E-state index in [4.69, 9.17) is 14.2 Å². The van der Waals surface area contributed by atoms with Gasteiger partial charge in [-0.15, -0.1) is 0 Å². The van der Waals surface area contributed by atoms with Gasteiger partial charge >= 0.3 is 23.7 Å². The van der Waals surface area contributed by atoms with E-state index < -0.39 is 48.7 Å². The quantitative estimate of drug-likeness (QED) is 0.205. The molecule has 0 bridgehead atoms. The molecule has 3 N–H and O–H groups in total. The number of esters is 1. The van der Waals surface area contributed by atoms with Crippen molar-refractivity contribution in [3.63, 3.8) is 0 Å². The van der Waals surface area contributed by atoms with E-state index in [-0.39, 0.29) is 31.2 Å². The van der Waals surface area contributed by atoms with Crippen molar-refractivity contribution < 1.29 is 42.5 Å². The van der Waals surface area contributed by atoms with E-state index in [0.717, 1.165) is 31.5 Å². The van der Waals surface area contributed by atoms with Crippen LogP contribution >= 0.6 is 0 Å². The van der Waals surface area contributed by atoms with E-state index in [1.807, 2.05) is 13.0 Å². The van der Waals surface area contributed by atoms with E-state index in [0.29, 0.717) is 29.5 Å². The van der Waals surface area contributed by atoms with E-state index in [9.17, 15) is 33.1 Å². The molecule has 230 valence electrons. The highest BCUT2D eigenvalue weighted by molar-refractivity contribution is 5.90. The largest absolute Gasteiger partial charge is 0.463 e. The van der Waals surface area contributed by atoms with Gasteiger partial charge in [-0.3, -0.25) is 19.5 Å². The highest BCUT2D eigenvalue weighted by Crippen LogP contribution is 2.42. The fraction of sp³-hybridized carbons (Fsp3) is 0.536. The summed E-state index contributed by atoms with van der Waals surface area (Å²) in [5.41, 5.74) is -0.507. The number of nitrogens with zero attached hydrogens (tertiary/aromatic N) is 2. The number of carbonyl (C=O) groups is 3. The fourth-order valence-corrected chi connectivity index (χ4v) is 4.15. The van der Waals surface area contributed by atoms with Crippen LogP contribution in [0, 0.1) is 0 Å². The van der Waals surface area contributed by atoms with Gasteiger partial charge in [0.05, 0.1) is 6.61 Å². The maximum Gasteiger partial charge on any atom is 0.412 e. The van der Waals surface area contributed by atoms with Crippen LogP contribution in [0.1, 0.15) is 64.5 Å². The first-order valence-corrected chi connectivity index (χ1v) is 13.9. The summed E-state index contributed by atoms with van der Waals surface area (Å²) in [6.07, 6.45) is -1.67. The standard InChI is InChI=1S/C28H36F2N4O8/c1-2-3-4-10-17-40-27(39)33-21-15-16-34(26(38)32-21)25-28(29,30)24(37)20(42-25)18-41-23(36)14-9-8-13-22(35)31-19-11-6-5-7-12-19/h5-7,11-12,15-16,20,24-25,37H,2-4,8-10,13-14,17-18H2,1H3,(H,31,35)(H,32,33,38,39)/t20-,24-,25-/m1/s1. The van der Waals surface area contributed by atoms with Crippen molar-refractivity contribution in [2.45, 2.75) is 82.6 Å². The summed E-state index contributed by atoms with van der Waals surface area (Å²) in [5, 5.41) is 15.1. The SMILES string of the molecule is CCCCCCOC(=O)Nc1ccn([C@@H]2O[C@H](COC(=O)CCCCC(=O)Nc3ccccc3)[C@@H](O)C2(F)F)c(=O)n1. The van der Waals surface area contributed by atoms with Gasteiger partial charge in [0.1, 0.15) is 18.5 Å². The van der Waals surface area contributed by atoms with Crippen LogP contribution in [-0.4, -0.2) is 64.0 Å². The molecule has 0 aliphatic carbocycles. The number of hydrogen-bond acceptors (Lipinski definition) is 9. The number of para-hydroxylation sites is 1. The molecule has 1 aromatic heterocycles. The van der Waals surface area contributed by atoms with Gasteiger partial charge in [-0.2, -0.15) is 13.8 Å². The van der Waals surface area contributed by atoms with Gasteiger partial charge in [0.2, 0.25) is 12.1 Å². The molecule has 0 radical (unpaired) electrons. The summed E-state index contributed by atoms with van der Waals surface area (Å²) >= 11 is 0. The molecule has 1 aliphatic heterocycles. The van der Waals surface area contributed by atoms with Crippen LogP contribution < -0.4 is 16.3 Å². The molecule has 2 amide bonds. The van der Waals surface area contributed by atoms with Crippen LogP contribution in [0.3, 0.4) is 0 Å². The second-order valence-corrected chi connectivity index (χ2v) is 9.77. The normalized spacial score (nSPS) is 19.2. The molecule has 3 rings (SSSR count). The van der Waals surface area contributed by atoms with Crippen LogP contribution in [-0.2, 0) is 23.8 Å². The number of aliphatic hydroxyl groups excluding tert-OH is 1. The van der Waals surface area contributed by atoms with Crippen LogP contribution in [0.25, 0.3) is 0 Å². The van der Waals surface area contributed by atoms with Gasteiger partial charge in [0.15, 0.2) is 6.10 Å². The Morgan fingerprint density at radius 2 is 1.76 bits per heavy atom. The lowest BCUT2D eigenvalue weighted by Gasteiger charge is -2.21. The number of aliphatic hydroxyl groups is 1. The summed E-state index contributed by atoms with van der Waals surface area (Å²) in [6.45, 7) is 1.55. The van der Waals surface area contributed by atoms with Gasteiger partial charge in [0, 0.05) is 24.7 Å². The van der Waals surface area contributed by atoms with Crippen molar-refractivity contribution >= 4 is 29.5 Å². The average molecular weight is 595 g/mol. The summed E-state index contributed by atoms with van der Waals surface area (Å²) in [6, 6.07) is 10.0. The molecular formula is C28H36F2N4O8. The number of alkyl halides is 2. The molecule has 1 fully saturated rings. The van der Waals surface area contributed by atoms with Gasteiger partial charge in [-0.1, -0.05) is 44.4 Å². The molecule has 12 nitrogen and oxygen atoms in total. The first-order chi connectivity index (χ1) is 20.1. The molecule has 3 atom stereocenters. The van der Waals surface area contributed by atoms with E-state index in [1.54, 1.807) is 24.3 Å². The number of ether oxygens (including phenoxy) is 3. The van der Waals surface area contributed by atoms with E-state index >= 15 is 0 Å². The highest BCUT2D eigenvalue weighted by Gasteiger charge is 2.60. The van der Waals surface area contributed by atoms with Crippen molar-refractivity contribution in [2.24, 2.45) is 0 Å². The third-order valence-corrected chi connectivity index (χ3v) is 6.42. The Labute approximate surface area is 241 Å². The fourth-order valence-electron chi connectivity index (χ4n) is 4.15. The van der Waals surface area contributed by atoms with E-state index in [2.05, 4.69) is 15.6 Å². The smallest absolute Gasteiger partial charge is 0.412 e. The van der Waals surface area contributed by atoms with Crippen LogP contribution in [0.15, 0.2) is 47.4 Å². The molecule has 42 heavy (non-hydrogen) atoms. The number of carbonyl (C=O) groups excluding carboxylic acids is 3. The summed E-state index contributed by atoms with van der Waals surface area (Å²) in [5.74, 6) is -5.05. The molecule has 0 unspecified atom stereocenters. The van der Waals surface area contributed by atoms with Crippen LogP contribution in [0.2, 0.25) is 0 Å². The Kier molecular flexibility index (Phi) is 12.4. The zero-order chi connectivity index (χ0) is 30.5. The Balaban J connectivity index is 1.43. The maximum atomic E-state index is 14.8. The lowest BCUT2D eigenvalue weighted by Crippen LogP contribution is -2.42. The second-order valence-electron chi connectivity index (χ2n) is 9.77.